The van der Waals surface area contributed by atoms with E-state index in [0.29, 0.717) is 17.7 Å². The van der Waals surface area contributed by atoms with Crippen molar-refractivity contribution in [3.05, 3.63) is 29.8 Å². The average molecular weight is 194 g/mol. The Balaban J connectivity index is 2.54. The molecule has 0 aliphatic rings. The molecular formula is C11H14O3. The number of rotatable bonds is 5. The van der Waals surface area contributed by atoms with Crippen LogP contribution in [0.25, 0.3) is 0 Å². The molecule has 0 spiro atoms. The molecule has 1 rings (SSSR count). The first-order valence-electron chi connectivity index (χ1n) is 4.62. The fourth-order valence-corrected chi connectivity index (χ4v) is 0.988. The molecule has 0 aromatic heterocycles. The molecule has 0 saturated carbocycles. The lowest BCUT2D eigenvalue weighted by molar-refractivity contribution is 0.104. The van der Waals surface area contributed by atoms with Gasteiger partial charge in [-0.15, -0.1) is 0 Å². The minimum atomic E-state index is -0.449. The number of hydrogen-bond acceptors (Lipinski definition) is 3. The van der Waals surface area contributed by atoms with Crippen LogP contribution >= 0.6 is 0 Å². The van der Waals surface area contributed by atoms with E-state index in [1.807, 2.05) is 6.92 Å². The summed E-state index contributed by atoms with van der Waals surface area (Å²) in [5.41, 5.74) is 0.577. The van der Waals surface area contributed by atoms with Gasteiger partial charge < -0.3 is 9.84 Å². The van der Waals surface area contributed by atoms with Gasteiger partial charge in [-0.2, -0.15) is 0 Å². The summed E-state index contributed by atoms with van der Waals surface area (Å²) in [6.45, 7) is 2.15. The van der Waals surface area contributed by atoms with Gasteiger partial charge >= 0.3 is 0 Å². The predicted octanol–water partition coefficient (Wildman–Crippen LogP) is 1.65. The molecule has 0 saturated heterocycles. The van der Waals surface area contributed by atoms with Gasteiger partial charge in [0.05, 0.1) is 6.10 Å². The topological polar surface area (TPSA) is 46.5 Å². The van der Waals surface area contributed by atoms with Crippen LogP contribution in [0.3, 0.4) is 0 Å². The Bertz CT molecular complexity index is 296. The van der Waals surface area contributed by atoms with Crippen LogP contribution < -0.4 is 4.74 Å². The molecule has 0 bridgehead atoms. The molecule has 0 radical (unpaired) electrons. The maximum atomic E-state index is 10.4. The first-order chi connectivity index (χ1) is 6.76. The normalized spacial score (nSPS) is 12.1. The number of benzene rings is 1. The van der Waals surface area contributed by atoms with E-state index in [-0.39, 0.29) is 6.61 Å². The van der Waals surface area contributed by atoms with Crippen LogP contribution in [0.5, 0.6) is 5.75 Å². The first kappa shape index (κ1) is 10.7. The van der Waals surface area contributed by atoms with Crippen LogP contribution in [-0.4, -0.2) is 24.1 Å². The Morgan fingerprint density at radius 1 is 1.57 bits per heavy atom. The van der Waals surface area contributed by atoms with E-state index in [4.69, 9.17) is 4.74 Å². The second-order valence-corrected chi connectivity index (χ2v) is 3.06. The molecule has 1 atom stereocenters. The zero-order valence-electron chi connectivity index (χ0n) is 8.14. The van der Waals surface area contributed by atoms with Gasteiger partial charge in [-0.3, -0.25) is 4.79 Å². The Morgan fingerprint density at radius 3 is 3.00 bits per heavy atom. The van der Waals surface area contributed by atoms with E-state index in [9.17, 15) is 9.90 Å². The predicted molar refractivity (Wildman–Crippen MR) is 53.6 cm³/mol. The van der Waals surface area contributed by atoms with Crippen molar-refractivity contribution in [3.63, 3.8) is 0 Å². The largest absolute Gasteiger partial charge is 0.491 e. The minimum absolute atomic E-state index is 0.263. The monoisotopic (exact) mass is 194 g/mol. The number of aliphatic hydroxyl groups excluding tert-OH is 1. The van der Waals surface area contributed by atoms with Crippen molar-refractivity contribution < 1.29 is 14.6 Å². The van der Waals surface area contributed by atoms with Crippen molar-refractivity contribution in [1.82, 2.24) is 0 Å². The number of carbonyl (C=O) groups is 1. The Labute approximate surface area is 83.3 Å². The van der Waals surface area contributed by atoms with Crippen LogP contribution in [0.4, 0.5) is 0 Å². The van der Waals surface area contributed by atoms with Crippen LogP contribution in [-0.2, 0) is 0 Å². The second-order valence-electron chi connectivity index (χ2n) is 3.06. The van der Waals surface area contributed by atoms with Crippen LogP contribution in [0.15, 0.2) is 24.3 Å². The highest BCUT2D eigenvalue weighted by molar-refractivity contribution is 5.75. The molecule has 0 fully saturated rings. The van der Waals surface area contributed by atoms with Gasteiger partial charge in [0.2, 0.25) is 0 Å². The number of carbonyl (C=O) groups excluding carboxylic acids is 1. The molecule has 0 aliphatic heterocycles. The van der Waals surface area contributed by atoms with Crippen LogP contribution in [0.1, 0.15) is 23.7 Å². The van der Waals surface area contributed by atoms with E-state index < -0.39 is 6.10 Å². The number of aldehydes is 1. The Morgan fingerprint density at radius 2 is 2.36 bits per heavy atom. The molecule has 0 heterocycles. The SMILES string of the molecule is CCC(O)COc1cccc(C=O)c1. The third-order valence-electron chi connectivity index (χ3n) is 1.91. The number of aliphatic hydroxyl groups is 1. The van der Waals surface area contributed by atoms with E-state index >= 15 is 0 Å². The Hall–Kier alpha value is -1.35. The third-order valence-corrected chi connectivity index (χ3v) is 1.91. The zero-order valence-corrected chi connectivity index (χ0v) is 8.14. The van der Waals surface area contributed by atoms with Gasteiger partial charge in [-0.25, -0.2) is 0 Å². The molecule has 0 amide bonds. The molecule has 0 aliphatic carbocycles. The summed E-state index contributed by atoms with van der Waals surface area (Å²) in [7, 11) is 0. The maximum Gasteiger partial charge on any atom is 0.150 e. The summed E-state index contributed by atoms with van der Waals surface area (Å²) >= 11 is 0. The minimum Gasteiger partial charge on any atom is -0.491 e. The van der Waals surface area contributed by atoms with Gasteiger partial charge in [0.15, 0.2) is 0 Å². The van der Waals surface area contributed by atoms with Gasteiger partial charge in [-0.05, 0) is 18.6 Å². The van der Waals surface area contributed by atoms with Gasteiger partial charge in [0, 0.05) is 5.56 Å². The maximum absolute atomic E-state index is 10.4. The smallest absolute Gasteiger partial charge is 0.150 e. The summed E-state index contributed by atoms with van der Waals surface area (Å²) in [6, 6.07) is 6.86. The van der Waals surface area contributed by atoms with Crippen molar-refractivity contribution in [3.8, 4) is 5.75 Å². The summed E-state index contributed by atoms with van der Waals surface area (Å²) in [6.07, 6.45) is 0.978. The van der Waals surface area contributed by atoms with E-state index in [1.54, 1.807) is 24.3 Å². The van der Waals surface area contributed by atoms with E-state index in [2.05, 4.69) is 0 Å². The highest BCUT2D eigenvalue weighted by Crippen LogP contribution is 2.12. The highest BCUT2D eigenvalue weighted by atomic mass is 16.5. The summed E-state index contributed by atoms with van der Waals surface area (Å²) < 4.78 is 5.29. The molecule has 1 aromatic carbocycles. The van der Waals surface area contributed by atoms with Gasteiger partial charge in [0.1, 0.15) is 18.6 Å². The second kappa shape index (κ2) is 5.40. The van der Waals surface area contributed by atoms with Crippen molar-refractivity contribution in [2.24, 2.45) is 0 Å². The molecule has 1 aromatic rings. The van der Waals surface area contributed by atoms with E-state index in [1.165, 1.54) is 0 Å². The van der Waals surface area contributed by atoms with Crippen molar-refractivity contribution in [1.29, 1.82) is 0 Å². The number of hydrogen-bond donors (Lipinski definition) is 1. The van der Waals surface area contributed by atoms with Crippen LogP contribution in [0, 0.1) is 0 Å². The quantitative estimate of drug-likeness (QED) is 0.725. The molecule has 3 heteroatoms. The fraction of sp³-hybridized carbons (Fsp3) is 0.364. The van der Waals surface area contributed by atoms with Crippen molar-refractivity contribution in [2.45, 2.75) is 19.4 Å². The lowest BCUT2D eigenvalue weighted by atomic mass is 10.2. The Kier molecular flexibility index (Phi) is 4.13. The molecule has 1 unspecified atom stereocenters. The van der Waals surface area contributed by atoms with Gasteiger partial charge in [-0.1, -0.05) is 19.1 Å². The zero-order chi connectivity index (χ0) is 10.4. The van der Waals surface area contributed by atoms with E-state index in [0.717, 1.165) is 6.29 Å². The molecular weight excluding hydrogens is 180 g/mol. The lowest BCUT2D eigenvalue weighted by Gasteiger charge is -2.10. The number of ether oxygens (including phenoxy) is 1. The van der Waals surface area contributed by atoms with Gasteiger partial charge in [0.25, 0.3) is 0 Å². The lowest BCUT2D eigenvalue weighted by Crippen LogP contribution is -2.15. The highest BCUT2D eigenvalue weighted by Gasteiger charge is 2.01. The molecule has 3 nitrogen and oxygen atoms in total. The molecule has 1 N–H and O–H groups in total. The average Bonchev–Trinajstić information content (AvgIpc) is 2.26. The summed E-state index contributed by atoms with van der Waals surface area (Å²) in [5, 5.41) is 9.25. The van der Waals surface area contributed by atoms with Crippen molar-refractivity contribution >= 4 is 6.29 Å². The molecule has 76 valence electrons. The third kappa shape index (κ3) is 3.18. The molecule has 14 heavy (non-hydrogen) atoms. The summed E-state index contributed by atoms with van der Waals surface area (Å²) in [5.74, 6) is 0.613. The van der Waals surface area contributed by atoms with Crippen molar-refractivity contribution in [2.75, 3.05) is 6.61 Å². The first-order valence-corrected chi connectivity index (χ1v) is 4.62. The standard InChI is InChI=1S/C11H14O3/c1-2-10(13)8-14-11-5-3-4-9(6-11)7-12/h3-7,10,13H,2,8H2,1H3. The van der Waals surface area contributed by atoms with Crippen LogP contribution in [0.2, 0.25) is 0 Å². The fourth-order valence-electron chi connectivity index (χ4n) is 0.988. The summed E-state index contributed by atoms with van der Waals surface area (Å²) in [4.78, 5) is 10.4.